The van der Waals surface area contributed by atoms with Crippen LogP contribution in [0.5, 0.6) is 0 Å². The van der Waals surface area contributed by atoms with Gasteiger partial charge in [0.25, 0.3) is 0 Å². The van der Waals surface area contributed by atoms with Gasteiger partial charge in [-0.3, -0.25) is 0 Å². The highest BCUT2D eigenvalue weighted by Crippen LogP contribution is 2.35. The van der Waals surface area contributed by atoms with Gasteiger partial charge in [0.1, 0.15) is 0 Å². The van der Waals surface area contributed by atoms with Crippen LogP contribution in [0.15, 0.2) is 24.4 Å². The number of aryl methyl sites for hydroxylation is 1. The fourth-order valence-corrected chi connectivity index (χ4v) is 1.91. The van der Waals surface area contributed by atoms with E-state index in [4.69, 9.17) is 5.73 Å². The van der Waals surface area contributed by atoms with Crippen molar-refractivity contribution in [2.75, 3.05) is 22.9 Å². The Labute approximate surface area is 104 Å². The number of allylic oxidation sites excluding steroid dienone is 1. The van der Waals surface area contributed by atoms with Crippen LogP contribution in [-0.2, 0) is 6.42 Å². The van der Waals surface area contributed by atoms with Crippen molar-refractivity contribution in [3.05, 3.63) is 30.0 Å². The van der Waals surface area contributed by atoms with E-state index in [-0.39, 0.29) is 0 Å². The largest absolute Gasteiger partial charge is 0.397 e. The highest BCUT2D eigenvalue weighted by atomic mass is 15.0. The molecule has 3 heteroatoms. The van der Waals surface area contributed by atoms with E-state index in [2.05, 4.69) is 23.3 Å². The summed E-state index contributed by atoms with van der Waals surface area (Å²) in [6.07, 6.45) is 2.30. The number of fused-ring (bicyclic) bond motifs is 1. The molecule has 0 unspecified atom stereocenters. The first-order chi connectivity index (χ1) is 8.18. The van der Waals surface area contributed by atoms with Crippen LogP contribution in [0, 0.1) is 0 Å². The van der Waals surface area contributed by atoms with Crippen LogP contribution >= 0.6 is 0 Å². The lowest BCUT2D eigenvalue weighted by atomic mass is 10.0. The highest BCUT2D eigenvalue weighted by Gasteiger charge is 2.14. The van der Waals surface area contributed by atoms with Gasteiger partial charge in [-0.2, -0.15) is 0 Å². The van der Waals surface area contributed by atoms with Crippen LogP contribution in [-0.4, -0.2) is 6.54 Å². The van der Waals surface area contributed by atoms with Gasteiger partial charge in [0.15, 0.2) is 0 Å². The zero-order valence-electron chi connectivity index (χ0n) is 11.1. The lowest BCUT2D eigenvalue weighted by molar-refractivity contribution is 0.831. The van der Waals surface area contributed by atoms with Crippen molar-refractivity contribution in [1.82, 2.24) is 0 Å². The molecule has 2 rings (SSSR count). The fraction of sp³-hybridized carbons (Fsp3) is 0.429. The molecular formula is C14H23N3. The van der Waals surface area contributed by atoms with E-state index < -0.39 is 0 Å². The first-order valence-electron chi connectivity index (χ1n) is 6.26. The van der Waals surface area contributed by atoms with Gasteiger partial charge in [-0.1, -0.05) is 26.5 Å². The van der Waals surface area contributed by atoms with E-state index in [0.29, 0.717) is 0 Å². The molecular weight excluding hydrogens is 210 g/mol. The van der Waals surface area contributed by atoms with Crippen molar-refractivity contribution in [3.8, 4) is 0 Å². The van der Waals surface area contributed by atoms with Crippen LogP contribution in [0.1, 0.15) is 32.8 Å². The molecule has 0 fully saturated rings. The SMILES string of the molecule is C=C(C)Nc1c(N)ccc2c1NCCC2.CC. The summed E-state index contributed by atoms with van der Waals surface area (Å²) in [5.74, 6) is 0. The van der Waals surface area contributed by atoms with E-state index >= 15 is 0 Å². The Morgan fingerprint density at radius 1 is 1.41 bits per heavy atom. The minimum atomic E-state index is 0.770. The van der Waals surface area contributed by atoms with Gasteiger partial charge >= 0.3 is 0 Å². The van der Waals surface area contributed by atoms with Gasteiger partial charge in [-0.05, 0) is 31.4 Å². The van der Waals surface area contributed by atoms with Gasteiger partial charge in [-0.25, -0.2) is 0 Å². The molecule has 1 heterocycles. The van der Waals surface area contributed by atoms with Crippen LogP contribution in [0.25, 0.3) is 0 Å². The fourth-order valence-electron chi connectivity index (χ4n) is 1.91. The highest BCUT2D eigenvalue weighted by molar-refractivity contribution is 5.85. The predicted octanol–water partition coefficient (Wildman–Crippen LogP) is 3.60. The number of nitrogens with one attached hydrogen (secondary N) is 2. The molecule has 0 aliphatic carbocycles. The molecule has 4 N–H and O–H groups in total. The summed E-state index contributed by atoms with van der Waals surface area (Å²) in [6.45, 7) is 10.8. The molecule has 1 aromatic rings. The average molecular weight is 233 g/mol. The van der Waals surface area contributed by atoms with Gasteiger partial charge in [0.05, 0.1) is 17.1 Å². The third-order valence-electron chi connectivity index (χ3n) is 2.59. The summed E-state index contributed by atoms with van der Waals surface area (Å²) in [6, 6.07) is 4.05. The second kappa shape index (κ2) is 6.18. The van der Waals surface area contributed by atoms with Crippen molar-refractivity contribution in [1.29, 1.82) is 0 Å². The minimum Gasteiger partial charge on any atom is -0.397 e. The molecule has 0 radical (unpaired) electrons. The first kappa shape index (κ1) is 13.4. The molecule has 0 amide bonds. The van der Waals surface area contributed by atoms with Gasteiger partial charge < -0.3 is 16.4 Å². The number of hydrogen-bond donors (Lipinski definition) is 3. The van der Waals surface area contributed by atoms with Crippen molar-refractivity contribution in [2.24, 2.45) is 0 Å². The summed E-state index contributed by atoms with van der Waals surface area (Å²) in [5.41, 5.74) is 11.1. The summed E-state index contributed by atoms with van der Waals surface area (Å²) >= 11 is 0. The predicted molar refractivity (Wildman–Crippen MR) is 77.4 cm³/mol. The maximum atomic E-state index is 5.95. The maximum absolute atomic E-state index is 5.95. The number of hydrogen-bond acceptors (Lipinski definition) is 3. The Morgan fingerprint density at radius 2 is 2.12 bits per heavy atom. The molecule has 1 aliphatic heterocycles. The quantitative estimate of drug-likeness (QED) is 0.684. The maximum Gasteiger partial charge on any atom is 0.0853 e. The monoisotopic (exact) mass is 233 g/mol. The number of benzene rings is 1. The standard InChI is InChI=1S/C12H17N3.C2H6/c1-8(2)15-12-10(13)6-5-9-4-3-7-14-11(9)12;1-2/h5-6,14-15H,1,3-4,7,13H2,2H3;1-2H3. The van der Waals surface area contributed by atoms with Gasteiger partial charge in [0.2, 0.25) is 0 Å². The van der Waals surface area contributed by atoms with Gasteiger partial charge in [-0.15, -0.1) is 0 Å². The third kappa shape index (κ3) is 3.16. The summed E-state index contributed by atoms with van der Waals surface area (Å²) < 4.78 is 0. The second-order valence-electron chi connectivity index (χ2n) is 4.00. The number of nitrogen functional groups attached to an aromatic ring is 1. The second-order valence-corrected chi connectivity index (χ2v) is 4.00. The lowest BCUT2D eigenvalue weighted by Crippen LogP contribution is -2.15. The molecule has 3 nitrogen and oxygen atoms in total. The van der Waals surface area contributed by atoms with E-state index in [1.807, 2.05) is 26.8 Å². The van der Waals surface area contributed by atoms with E-state index in [0.717, 1.165) is 35.7 Å². The Balaban J connectivity index is 0.000000686. The smallest absolute Gasteiger partial charge is 0.0853 e. The van der Waals surface area contributed by atoms with Crippen LogP contribution in [0.3, 0.4) is 0 Å². The number of rotatable bonds is 2. The number of anilines is 3. The summed E-state index contributed by atoms with van der Waals surface area (Å²) in [7, 11) is 0. The van der Waals surface area contributed by atoms with Crippen molar-refractivity contribution < 1.29 is 0 Å². The van der Waals surface area contributed by atoms with Crippen molar-refractivity contribution in [2.45, 2.75) is 33.6 Å². The Morgan fingerprint density at radius 3 is 2.76 bits per heavy atom. The number of nitrogens with two attached hydrogens (primary N) is 1. The van der Waals surface area contributed by atoms with Crippen LogP contribution in [0.4, 0.5) is 17.1 Å². The Hall–Kier alpha value is -1.64. The zero-order chi connectivity index (χ0) is 12.8. The molecule has 0 spiro atoms. The molecule has 0 bridgehead atoms. The topological polar surface area (TPSA) is 50.1 Å². The molecule has 0 aromatic heterocycles. The minimum absolute atomic E-state index is 0.770. The molecule has 0 saturated carbocycles. The molecule has 17 heavy (non-hydrogen) atoms. The van der Waals surface area contributed by atoms with Gasteiger partial charge in [0, 0.05) is 12.2 Å². The molecule has 0 atom stereocenters. The van der Waals surface area contributed by atoms with E-state index in [9.17, 15) is 0 Å². The molecule has 1 aromatic carbocycles. The van der Waals surface area contributed by atoms with Crippen LogP contribution in [0.2, 0.25) is 0 Å². The first-order valence-corrected chi connectivity index (χ1v) is 6.26. The summed E-state index contributed by atoms with van der Waals surface area (Å²) in [4.78, 5) is 0. The zero-order valence-corrected chi connectivity index (χ0v) is 11.1. The van der Waals surface area contributed by atoms with Crippen molar-refractivity contribution in [3.63, 3.8) is 0 Å². The van der Waals surface area contributed by atoms with Crippen molar-refractivity contribution >= 4 is 17.1 Å². The molecule has 1 aliphatic rings. The Kier molecular flexibility index (Phi) is 4.88. The lowest BCUT2D eigenvalue weighted by Gasteiger charge is -2.23. The summed E-state index contributed by atoms with van der Waals surface area (Å²) in [5, 5.41) is 6.61. The molecule has 0 saturated heterocycles. The third-order valence-corrected chi connectivity index (χ3v) is 2.59. The average Bonchev–Trinajstić information content (AvgIpc) is 2.35. The molecule has 94 valence electrons. The van der Waals surface area contributed by atoms with Crippen LogP contribution < -0.4 is 16.4 Å². The Bertz CT molecular complexity index is 397. The van der Waals surface area contributed by atoms with E-state index in [1.165, 1.54) is 12.0 Å². The van der Waals surface area contributed by atoms with E-state index in [1.54, 1.807) is 0 Å². The normalized spacial score (nSPS) is 12.6.